The van der Waals surface area contributed by atoms with Gasteiger partial charge in [-0.2, -0.15) is 0 Å². The highest BCUT2D eigenvalue weighted by Gasteiger charge is 2.22. The lowest BCUT2D eigenvalue weighted by Crippen LogP contribution is -2.51. The number of halogens is 1. The van der Waals surface area contributed by atoms with Crippen molar-refractivity contribution in [2.75, 3.05) is 24.5 Å². The highest BCUT2D eigenvalue weighted by atomic mass is 35.5. The van der Waals surface area contributed by atoms with Crippen molar-refractivity contribution in [3.63, 3.8) is 0 Å². The molecule has 1 aromatic rings. The van der Waals surface area contributed by atoms with E-state index in [2.05, 4.69) is 17.9 Å². The summed E-state index contributed by atoms with van der Waals surface area (Å²) in [5, 5.41) is 0.799. The van der Waals surface area contributed by atoms with Crippen LogP contribution in [-0.2, 0) is 4.79 Å². The Morgan fingerprint density at radius 2 is 2.18 bits per heavy atom. The number of rotatable bonds is 2. The lowest BCUT2D eigenvalue weighted by Gasteiger charge is -2.39. The minimum absolute atomic E-state index is 0.261. The zero-order valence-electron chi connectivity index (χ0n) is 10.2. The molecule has 1 amide bonds. The zero-order chi connectivity index (χ0) is 12.4. The molecule has 1 aliphatic rings. The largest absolute Gasteiger partial charge is 0.368 e. The molecular formula is C13H17ClN2O. The second-order valence-corrected chi connectivity index (χ2v) is 4.98. The predicted molar refractivity (Wildman–Crippen MR) is 70.6 cm³/mol. The smallest absolute Gasteiger partial charge is 0.210 e. The first kappa shape index (κ1) is 12.2. The van der Waals surface area contributed by atoms with Gasteiger partial charge in [0.1, 0.15) is 0 Å². The number of carbonyl (C=O) groups excluding carboxylic acids is 1. The van der Waals surface area contributed by atoms with Gasteiger partial charge in [0.2, 0.25) is 6.41 Å². The Balaban J connectivity index is 2.13. The van der Waals surface area contributed by atoms with Crippen LogP contribution >= 0.6 is 11.6 Å². The van der Waals surface area contributed by atoms with Crippen LogP contribution in [0.25, 0.3) is 0 Å². The molecule has 92 valence electrons. The number of hydrogen-bond donors (Lipinski definition) is 0. The molecule has 1 saturated heterocycles. The molecule has 2 rings (SSSR count). The first-order chi connectivity index (χ1) is 8.11. The number of nitrogens with zero attached hydrogens (tertiary/aromatic N) is 2. The monoisotopic (exact) mass is 252 g/mol. The fourth-order valence-corrected chi connectivity index (χ4v) is 2.31. The molecular weight excluding hydrogens is 236 g/mol. The Labute approximate surface area is 107 Å². The van der Waals surface area contributed by atoms with Crippen LogP contribution in [0.15, 0.2) is 18.2 Å². The SMILES string of the molecule is Cc1cc(N2CCN(C=O)C(C)C2)ccc1Cl. The third-order valence-corrected chi connectivity index (χ3v) is 3.75. The van der Waals surface area contributed by atoms with E-state index in [9.17, 15) is 4.79 Å². The number of piperazine rings is 1. The number of hydrogen-bond acceptors (Lipinski definition) is 2. The summed E-state index contributed by atoms with van der Waals surface area (Å²) in [6.07, 6.45) is 0.940. The van der Waals surface area contributed by atoms with Gasteiger partial charge in [-0.15, -0.1) is 0 Å². The van der Waals surface area contributed by atoms with Gasteiger partial charge in [-0.25, -0.2) is 0 Å². The van der Waals surface area contributed by atoms with Gasteiger partial charge in [0, 0.05) is 36.4 Å². The van der Waals surface area contributed by atoms with E-state index in [1.165, 1.54) is 5.69 Å². The van der Waals surface area contributed by atoms with Crippen LogP contribution in [0.1, 0.15) is 12.5 Å². The van der Waals surface area contributed by atoms with Crippen molar-refractivity contribution in [3.05, 3.63) is 28.8 Å². The van der Waals surface area contributed by atoms with Crippen molar-refractivity contribution in [2.24, 2.45) is 0 Å². The number of carbonyl (C=O) groups is 1. The van der Waals surface area contributed by atoms with Crippen LogP contribution in [-0.4, -0.2) is 37.0 Å². The molecule has 0 spiro atoms. The minimum atomic E-state index is 0.261. The van der Waals surface area contributed by atoms with Gasteiger partial charge in [-0.1, -0.05) is 11.6 Å². The number of anilines is 1. The molecule has 1 unspecified atom stereocenters. The van der Waals surface area contributed by atoms with Crippen molar-refractivity contribution in [3.8, 4) is 0 Å². The van der Waals surface area contributed by atoms with Crippen molar-refractivity contribution < 1.29 is 4.79 Å². The third-order valence-electron chi connectivity index (χ3n) is 3.32. The summed E-state index contributed by atoms with van der Waals surface area (Å²) >= 11 is 6.02. The van der Waals surface area contributed by atoms with Crippen LogP contribution in [0.5, 0.6) is 0 Å². The third kappa shape index (κ3) is 2.55. The summed E-state index contributed by atoms with van der Waals surface area (Å²) in [4.78, 5) is 14.9. The second-order valence-electron chi connectivity index (χ2n) is 4.57. The topological polar surface area (TPSA) is 23.6 Å². The average Bonchev–Trinajstić information content (AvgIpc) is 2.32. The quantitative estimate of drug-likeness (QED) is 0.755. The maximum absolute atomic E-state index is 10.8. The van der Waals surface area contributed by atoms with E-state index in [0.717, 1.165) is 36.6 Å². The van der Waals surface area contributed by atoms with E-state index in [1.54, 1.807) is 0 Å². The molecule has 1 aromatic carbocycles. The van der Waals surface area contributed by atoms with E-state index in [1.807, 2.05) is 24.0 Å². The Kier molecular flexibility index (Phi) is 3.57. The summed E-state index contributed by atoms with van der Waals surface area (Å²) in [6.45, 7) is 6.62. The summed E-state index contributed by atoms with van der Waals surface area (Å²) in [5.41, 5.74) is 2.28. The van der Waals surface area contributed by atoms with E-state index >= 15 is 0 Å². The van der Waals surface area contributed by atoms with Crippen LogP contribution in [0.3, 0.4) is 0 Å². The normalized spacial score (nSPS) is 20.5. The Bertz CT molecular complexity index is 422. The van der Waals surface area contributed by atoms with Gasteiger partial charge in [0.15, 0.2) is 0 Å². The molecule has 0 aromatic heterocycles. The maximum atomic E-state index is 10.8. The lowest BCUT2D eigenvalue weighted by molar-refractivity contribution is -0.120. The van der Waals surface area contributed by atoms with Gasteiger partial charge < -0.3 is 9.80 Å². The number of amides is 1. The van der Waals surface area contributed by atoms with E-state index in [-0.39, 0.29) is 6.04 Å². The van der Waals surface area contributed by atoms with E-state index < -0.39 is 0 Å². The van der Waals surface area contributed by atoms with Gasteiger partial charge in [-0.3, -0.25) is 4.79 Å². The molecule has 17 heavy (non-hydrogen) atoms. The van der Waals surface area contributed by atoms with Crippen molar-refractivity contribution >= 4 is 23.7 Å². The molecule has 3 nitrogen and oxygen atoms in total. The first-order valence-corrected chi connectivity index (χ1v) is 6.21. The Morgan fingerprint density at radius 3 is 2.76 bits per heavy atom. The first-order valence-electron chi connectivity index (χ1n) is 5.84. The molecule has 0 radical (unpaired) electrons. The molecule has 0 N–H and O–H groups in total. The molecule has 0 aliphatic carbocycles. The van der Waals surface area contributed by atoms with Crippen LogP contribution < -0.4 is 4.90 Å². The molecule has 1 atom stereocenters. The van der Waals surface area contributed by atoms with Crippen LogP contribution in [0.4, 0.5) is 5.69 Å². The Morgan fingerprint density at radius 1 is 1.41 bits per heavy atom. The highest BCUT2D eigenvalue weighted by Crippen LogP contribution is 2.24. The van der Waals surface area contributed by atoms with Gasteiger partial charge >= 0.3 is 0 Å². The van der Waals surface area contributed by atoms with Crippen LogP contribution in [0, 0.1) is 6.92 Å². The highest BCUT2D eigenvalue weighted by molar-refractivity contribution is 6.31. The number of aryl methyl sites for hydroxylation is 1. The van der Waals surface area contributed by atoms with E-state index in [4.69, 9.17) is 11.6 Å². The zero-order valence-corrected chi connectivity index (χ0v) is 10.9. The van der Waals surface area contributed by atoms with E-state index in [0.29, 0.717) is 0 Å². The molecule has 1 aliphatic heterocycles. The van der Waals surface area contributed by atoms with Gasteiger partial charge in [-0.05, 0) is 37.6 Å². The summed E-state index contributed by atoms with van der Waals surface area (Å²) in [7, 11) is 0. The fourth-order valence-electron chi connectivity index (χ4n) is 2.19. The fraction of sp³-hybridized carbons (Fsp3) is 0.462. The molecule has 4 heteroatoms. The summed E-state index contributed by atoms with van der Waals surface area (Å²) < 4.78 is 0. The van der Waals surface area contributed by atoms with Crippen LogP contribution in [0.2, 0.25) is 5.02 Å². The summed E-state index contributed by atoms with van der Waals surface area (Å²) in [5.74, 6) is 0. The maximum Gasteiger partial charge on any atom is 0.210 e. The van der Waals surface area contributed by atoms with Gasteiger partial charge in [0.25, 0.3) is 0 Å². The number of benzene rings is 1. The second kappa shape index (κ2) is 4.96. The molecule has 0 bridgehead atoms. The molecule has 0 saturated carbocycles. The lowest BCUT2D eigenvalue weighted by atomic mass is 10.1. The molecule has 1 heterocycles. The van der Waals surface area contributed by atoms with Crippen molar-refractivity contribution in [1.82, 2.24) is 4.90 Å². The van der Waals surface area contributed by atoms with Crippen molar-refractivity contribution in [1.29, 1.82) is 0 Å². The van der Waals surface area contributed by atoms with Gasteiger partial charge in [0.05, 0.1) is 0 Å². The summed E-state index contributed by atoms with van der Waals surface area (Å²) in [6, 6.07) is 6.34. The Hall–Kier alpha value is -1.22. The predicted octanol–water partition coefficient (Wildman–Crippen LogP) is 2.32. The minimum Gasteiger partial charge on any atom is -0.368 e. The average molecular weight is 253 g/mol. The molecule has 1 fully saturated rings. The standard InChI is InChI=1S/C13H17ClN2O/c1-10-7-12(3-4-13(10)14)15-5-6-16(9-17)11(2)8-15/h3-4,7,9,11H,5-6,8H2,1-2H3. The van der Waals surface area contributed by atoms with Crippen molar-refractivity contribution in [2.45, 2.75) is 19.9 Å².